The van der Waals surface area contributed by atoms with Crippen LogP contribution in [-0.4, -0.2) is 22.6 Å². The fourth-order valence-corrected chi connectivity index (χ4v) is 1.59. The summed E-state index contributed by atoms with van der Waals surface area (Å²) < 4.78 is 1.99. The van der Waals surface area contributed by atoms with Gasteiger partial charge >= 0.3 is 0 Å². The Morgan fingerprint density at radius 2 is 2.12 bits per heavy atom. The Hall–Kier alpha value is -1.87. The molecule has 0 spiro atoms. The molecule has 0 aliphatic heterocycles. The third kappa shape index (κ3) is 3.29. The summed E-state index contributed by atoms with van der Waals surface area (Å²) in [7, 11) is 0. The smallest absolute Gasteiger partial charge is 0.0991 e. The van der Waals surface area contributed by atoms with Gasteiger partial charge in [0.15, 0.2) is 0 Å². The average Bonchev–Trinajstić information content (AvgIpc) is 2.89. The van der Waals surface area contributed by atoms with Gasteiger partial charge in [-0.1, -0.05) is 31.2 Å². The maximum atomic E-state index is 4.03. The molecule has 0 amide bonds. The van der Waals surface area contributed by atoms with Crippen molar-refractivity contribution in [3.05, 3.63) is 54.6 Å². The van der Waals surface area contributed by atoms with Crippen molar-refractivity contribution in [3.63, 3.8) is 0 Å². The van der Waals surface area contributed by atoms with Crippen LogP contribution in [0.1, 0.15) is 12.5 Å². The molecule has 2 aromatic rings. The van der Waals surface area contributed by atoms with E-state index in [1.54, 1.807) is 12.5 Å². The molecule has 0 radical (unpaired) electrons. The molecule has 88 valence electrons. The number of imidazole rings is 1. The van der Waals surface area contributed by atoms with Crippen molar-refractivity contribution in [2.45, 2.75) is 6.92 Å². The first-order chi connectivity index (χ1) is 8.40. The molecule has 0 aliphatic carbocycles. The molecule has 1 heterocycles. The van der Waals surface area contributed by atoms with Crippen LogP contribution >= 0.6 is 0 Å². The van der Waals surface area contributed by atoms with Gasteiger partial charge < -0.3 is 9.88 Å². The van der Waals surface area contributed by atoms with Crippen molar-refractivity contribution in [2.24, 2.45) is 0 Å². The minimum Gasteiger partial charge on any atom is -0.314 e. The average molecular weight is 227 g/mol. The molecule has 1 aromatic heterocycles. The summed E-state index contributed by atoms with van der Waals surface area (Å²) in [6, 6.07) is 8.40. The Morgan fingerprint density at radius 3 is 2.76 bits per heavy atom. The second-order valence-corrected chi connectivity index (χ2v) is 3.77. The first-order valence-electron chi connectivity index (χ1n) is 5.86. The van der Waals surface area contributed by atoms with Crippen molar-refractivity contribution < 1.29 is 0 Å². The van der Waals surface area contributed by atoms with Crippen LogP contribution in [0.3, 0.4) is 0 Å². The minimum atomic E-state index is 0.916. The molecular weight excluding hydrogens is 210 g/mol. The number of hydrogen-bond acceptors (Lipinski definition) is 2. The van der Waals surface area contributed by atoms with Crippen LogP contribution in [0.2, 0.25) is 0 Å². The second-order valence-electron chi connectivity index (χ2n) is 3.77. The summed E-state index contributed by atoms with van der Waals surface area (Å²) >= 11 is 0. The molecule has 0 saturated carbocycles. The van der Waals surface area contributed by atoms with Crippen molar-refractivity contribution in [1.82, 2.24) is 14.9 Å². The molecule has 0 aliphatic rings. The van der Waals surface area contributed by atoms with E-state index in [4.69, 9.17) is 0 Å². The Balaban J connectivity index is 2.01. The maximum absolute atomic E-state index is 4.03. The van der Waals surface area contributed by atoms with E-state index < -0.39 is 0 Å². The lowest BCUT2D eigenvalue weighted by atomic mass is 10.2. The van der Waals surface area contributed by atoms with Gasteiger partial charge in [0.2, 0.25) is 0 Å². The molecule has 3 nitrogen and oxygen atoms in total. The topological polar surface area (TPSA) is 29.9 Å². The lowest BCUT2D eigenvalue weighted by molar-refractivity contribution is 0.801. The summed E-state index contributed by atoms with van der Waals surface area (Å²) in [6.45, 7) is 4.03. The lowest BCUT2D eigenvalue weighted by Gasteiger charge is -2.02. The zero-order valence-electron chi connectivity index (χ0n) is 10.0. The lowest BCUT2D eigenvalue weighted by Crippen LogP contribution is -2.11. The molecule has 0 saturated heterocycles. The first-order valence-corrected chi connectivity index (χ1v) is 5.86. The molecule has 1 N–H and O–H groups in total. The SMILES string of the molecule is CCNCC=Cc1ccc(-n2ccnc2)cc1. The van der Waals surface area contributed by atoms with E-state index in [9.17, 15) is 0 Å². The Kier molecular flexibility index (Phi) is 4.11. The van der Waals surface area contributed by atoms with E-state index in [1.807, 2.05) is 10.8 Å². The molecule has 0 atom stereocenters. The van der Waals surface area contributed by atoms with Gasteiger partial charge in [0, 0.05) is 24.6 Å². The van der Waals surface area contributed by atoms with Crippen molar-refractivity contribution >= 4 is 6.08 Å². The number of benzene rings is 1. The van der Waals surface area contributed by atoms with Crippen LogP contribution in [0, 0.1) is 0 Å². The van der Waals surface area contributed by atoms with Gasteiger partial charge in [0.25, 0.3) is 0 Å². The molecular formula is C14H17N3. The molecule has 3 heteroatoms. The van der Waals surface area contributed by atoms with Gasteiger partial charge in [0.1, 0.15) is 0 Å². The van der Waals surface area contributed by atoms with Crippen LogP contribution in [0.25, 0.3) is 11.8 Å². The minimum absolute atomic E-state index is 0.916. The predicted molar refractivity (Wildman–Crippen MR) is 71.1 cm³/mol. The fourth-order valence-electron chi connectivity index (χ4n) is 1.59. The highest BCUT2D eigenvalue weighted by Gasteiger charge is 1.93. The van der Waals surface area contributed by atoms with E-state index in [1.165, 1.54) is 5.56 Å². The second kappa shape index (κ2) is 6.01. The third-order valence-electron chi connectivity index (χ3n) is 2.52. The van der Waals surface area contributed by atoms with Gasteiger partial charge in [-0.3, -0.25) is 0 Å². The molecule has 17 heavy (non-hydrogen) atoms. The third-order valence-corrected chi connectivity index (χ3v) is 2.52. The van der Waals surface area contributed by atoms with E-state index in [0.29, 0.717) is 0 Å². The summed E-state index contributed by atoms with van der Waals surface area (Å²) in [6.07, 6.45) is 9.78. The van der Waals surface area contributed by atoms with Gasteiger partial charge in [-0.05, 0) is 24.2 Å². The number of likely N-dealkylation sites (N-methyl/N-ethyl adjacent to an activating group) is 1. The molecule has 0 unspecified atom stereocenters. The zero-order chi connectivity index (χ0) is 11.9. The number of hydrogen-bond donors (Lipinski definition) is 1. The number of aromatic nitrogens is 2. The Bertz CT molecular complexity index is 455. The molecule has 0 fully saturated rings. The van der Waals surface area contributed by atoms with Crippen molar-refractivity contribution in [1.29, 1.82) is 0 Å². The fraction of sp³-hybridized carbons (Fsp3) is 0.214. The van der Waals surface area contributed by atoms with E-state index in [-0.39, 0.29) is 0 Å². The number of rotatable bonds is 5. The van der Waals surface area contributed by atoms with E-state index in [0.717, 1.165) is 18.8 Å². The quantitative estimate of drug-likeness (QED) is 0.795. The largest absolute Gasteiger partial charge is 0.314 e. The van der Waals surface area contributed by atoms with Crippen LogP contribution in [-0.2, 0) is 0 Å². The Morgan fingerprint density at radius 1 is 1.29 bits per heavy atom. The monoisotopic (exact) mass is 227 g/mol. The van der Waals surface area contributed by atoms with Gasteiger partial charge in [0.05, 0.1) is 6.33 Å². The predicted octanol–water partition coefficient (Wildman–Crippen LogP) is 2.50. The van der Waals surface area contributed by atoms with E-state index >= 15 is 0 Å². The summed E-state index contributed by atoms with van der Waals surface area (Å²) in [5.41, 5.74) is 2.35. The zero-order valence-corrected chi connectivity index (χ0v) is 10.0. The van der Waals surface area contributed by atoms with Crippen LogP contribution in [0.15, 0.2) is 49.1 Å². The van der Waals surface area contributed by atoms with Gasteiger partial charge in [-0.15, -0.1) is 0 Å². The van der Waals surface area contributed by atoms with Crippen LogP contribution in [0.5, 0.6) is 0 Å². The highest BCUT2D eigenvalue weighted by Crippen LogP contribution is 2.10. The molecule has 1 aromatic carbocycles. The Labute approximate surface area is 102 Å². The van der Waals surface area contributed by atoms with E-state index in [2.05, 4.69) is 53.6 Å². The summed E-state index contributed by atoms with van der Waals surface area (Å²) in [5.74, 6) is 0. The molecule has 2 rings (SSSR count). The highest BCUT2D eigenvalue weighted by atomic mass is 15.0. The standard InChI is InChI=1S/C14H17N3/c1-2-15-9-3-4-13-5-7-14(8-6-13)17-11-10-16-12-17/h3-8,10-12,15H,2,9H2,1H3. The van der Waals surface area contributed by atoms with Gasteiger partial charge in [-0.2, -0.15) is 0 Å². The summed E-state index contributed by atoms with van der Waals surface area (Å²) in [5, 5.41) is 3.25. The van der Waals surface area contributed by atoms with Crippen molar-refractivity contribution in [3.8, 4) is 5.69 Å². The highest BCUT2D eigenvalue weighted by molar-refractivity contribution is 5.51. The number of nitrogens with zero attached hydrogens (tertiary/aromatic N) is 2. The van der Waals surface area contributed by atoms with Crippen LogP contribution in [0.4, 0.5) is 0 Å². The van der Waals surface area contributed by atoms with Gasteiger partial charge in [-0.25, -0.2) is 4.98 Å². The summed E-state index contributed by atoms with van der Waals surface area (Å²) in [4.78, 5) is 4.03. The maximum Gasteiger partial charge on any atom is 0.0991 e. The molecule has 0 bridgehead atoms. The van der Waals surface area contributed by atoms with Crippen LogP contribution < -0.4 is 5.32 Å². The number of nitrogens with one attached hydrogen (secondary N) is 1. The normalized spacial score (nSPS) is 11.1. The first kappa shape index (κ1) is 11.6. The van der Waals surface area contributed by atoms with Crippen molar-refractivity contribution in [2.75, 3.05) is 13.1 Å².